The van der Waals surface area contributed by atoms with E-state index in [1.807, 2.05) is 58.6 Å². The maximum Gasteiger partial charge on any atom is 0.248 e. The fourth-order valence-corrected chi connectivity index (χ4v) is 3.60. The van der Waals surface area contributed by atoms with Crippen molar-refractivity contribution in [1.29, 1.82) is 0 Å². The molecule has 29 heavy (non-hydrogen) atoms. The van der Waals surface area contributed by atoms with E-state index in [9.17, 15) is 4.79 Å². The van der Waals surface area contributed by atoms with Gasteiger partial charge < -0.3 is 14.8 Å². The number of hydrogen-bond donors (Lipinski definition) is 1. The Hall–Kier alpha value is -3.58. The van der Waals surface area contributed by atoms with Crippen LogP contribution in [0, 0.1) is 0 Å². The van der Waals surface area contributed by atoms with Crippen LogP contribution in [0.25, 0.3) is 22.3 Å². The molecular weight excluding hydrogens is 386 g/mol. The second-order valence-corrected chi connectivity index (χ2v) is 7.11. The van der Waals surface area contributed by atoms with Gasteiger partial charge in [-0.3, -0.25) is 9.20 Å². The summed E-state index contributed by atoms with van der Waals surface area (Å²) in [6.07, 6.45) is 7.18. The number of carbonyl (C=O) groups is 1. The average Bonchev–Trinajstić information content (AvgIpc) is 3.35. The van der Waals surface area contributed by atoms with Crippen molar-refractivity contribution in [1.82, 2.24) is 9.38 Å². The van der Waals surface area contributed by atoms with Crippen LogP contribution in [-0.2, 0) is 4.79 Å². The molecule has 1 N–H and O–H groups in total. The summed E-state index contributed by atoms with van der Waals surface area (Å²) in [4.78, 5) is 17.8. The Labute approximate surface area is 172 Å². The monoisotopic (exact) mass is 405 g/mol. The van der Waals surface area contributed by atoms with Gasteiger partial charge in [-0.25, -0.2) is 4.98 Å². The van der Waals surface area contributed by atoms with Gasteiger partial charge >= 0.3 is 0 Å². The van der Waals surface area contributed by atoms with Crippen molar-refractivity contribution >= 4 is 34.0 Å². The lowest BCUT2D eigenvalue weighted by Crippen LogP contribution is -2.07. The van der Waals surface area contributed by atoms with Gasteiger partial charge in [0.1, 0.15) is 0 Å². The fourth-order valence-electron chi connectivity index (χ4n) is 2.90. The highest BCUT2D eigenvalue weighted by Crippen LogP contribution is 2.28. The molecule has 2 aromatic carbocycles. The number of carbonyl (C=O) groups excluding carboxylic acids is 1. The maximum atomic E-state index is 12.2. The van der Waals surface area contributed by atoms with Crippen LogP contribution in [0.3, 0.4) is 0 Å². The summed E-state index contributed by atoms with van der Waals surface area (Å²) in [6.45, 7) is 0. The number of aromatic nitrogens is 2. The van der Waals surface area contributed by atoms with Crippen LogP contribution in [0.1, 0.15) is 5.56 Å². The third kappa shape index (κ3) is 4.14. The molecule has 146 valence electrons. The molecule has 0 fully saturated rings. The molecule has 0 aliphatic heterocycles. The molecule has 1 amide bonds. The van der Waals surface area contributed by atoms with Crippen molar-refractivity contribution < 1.29 is 14.3 Å². The number of methoxy groups -OCH3 is 2. The number of nitrogens with one attached hydrogen (secondary N) is 1. The van der Waals surface area contributed by atoms with Gasteiger partial charge in [0.05, 0.1) is 19.9 Å². The first-order chi connectivity index (χ1) is 14.2. The van der Waals surface area contributed by atoms with Crippen molar-refractivity contribution in [3.05, 3.63) is 71.9 Å². The lowest BCUT2D eigenvalue weighted by molar-refractivity contribution is -0.111. The number of hydrogen-bond acceptors (Lipinski definition) is 5. The molecule has 0 radical (unpaired) electrons. The van der Waals surface area contributed by atoms with Crippen LogP contribution in [0.4, 0.5) is 5.69 Å². The topological polar surface area (TPSA) is 64.9 Å². The molecule has 0 saturated carbocycles. The molecule has 0 spiro atoms. The maximum absolute atomic E-state index is 12.2. The van der Waals surface area contributed by atoms with Gasteiger partial charge in [-0.05, 0) is 35.9 Å². The standard InChI is InChI=1S/C22H19N3O3S/c1-27-19-9-3-15(13-20(19)28-2)4-10-21(26)23-17-7-5-16(6-8-17)18-14-25-11-12-29-22(25)24-18/h3-14H,1-2H3,(H,23,26)/b10-4+. The molecule has 0 saturated heterocycles. The molecule has 0 aliphatic carbocycles. The van der Waals surface area contributed by atoms with Crippen molar-refractivity contribution in [3.8, 4) is 22.8 Å². The molecule has 0 unspecified atom stereocenters. The van der Waals surface area contributed by atoms with Crippen molar-refractivity contribution in [2.45, 2.75) is 0 Å². The van der Waals surface area contributed by atoms with Gasteiger partial charge in [-0.2, -0.15) is 0 Å². The number of nitrogens with zero attached hydrogens (tertiary/aromatic N) is 2. The van der Waals surface area contributed by atoms with Crippen molar-refractivity contribution in [2.24, 2.45) is 0 Å². The van der Waals surface area contributed by atoms with E-state index >= 15 is 0 Å². The Balaban J connectivity index is 1.41. The van der Waals surface area contributed by atoms with Gasteiger partial charge in [0.2, 0.25) is 5.91 Å². The van der Waals surface area contributed by atoms with Gasteiger partial charge in [-0.1, -0.05) is 18.2 Å². The number of anilines is 1. The van der Waals surface area contributed by atoms with Gasteiger partial charge in [0.25, 0.3) is 0 Å². The molecule has 4 aromatic rings. The van der Waals surface area contributed by atoms with E-state index in [1.54, 1.807) is 37.7 Å². The Morgan fingerprint density at radius 3 is 2.62 bits per heavy atom. The second-order valence-electron chi connectivity index (χ2n) is 6.23. The van der Waals surface area contributed by atoms with Gasteiger partial charge in [-0.15, -0.1) is 11.3 Å². The summed E-state index contributed by atoms with van der Waals surface area (Å²) in [5.74, 6) is 1.05. The zero-order chi connectivity index (χ0) is 20.2. The van der Waals surface area contributed by atoms with Gasteiger partial charge in [0, 0.05) is 35.1 Å². The Bertz CT molecular complexity index is 1150. The van der Waals surface area contributed by atoms with Crippen LogP contribution in [0.2, 0.25) is 0 Å². The largest absolute Gasteiger partial charge is 0.493 e. The predicted octanol–water partition coefficient (Wildman–Crippen LogP) is 4.73. The van der Waals surface area contributed by atoms with E-state index in [0.29, 0.717) is 11.5 Å². The molecule has 6 nitrogen and oxygen atoms in total. The first kappa shape index (κ1) is 18.8. The average molecular weight is 405 g/mol. The molecular formula is C22H19N3O3S. The highest BCUT2D eigenvalue weighted by atomic mass is 32.1. The first-order valence-corrected chi connectivity index (χ1v) is 9.78. The summed E-state index contributed by atoms with van der Waals surface area (Å²) in [5, 5.41) is 4.86. The van der Waals surface area contributed by atoms with E-state index < -0.39 is 0 Å². The molecule has 2 aromatic heterocycles. The number of amides is 1. The summed E-state index contributed by atoms with van der Waals surface area (Å²) in [6, 6.07) is 13.1. The van der Waals surface area contributed by atoms with E-state index in [4.69, 9.17) is 9.47 Å². The van der Waals surface area contributed by atoms with E-state index in [0.717, 1.165) is 27.5 Å². The minimum Gasteiger partial charge on any atom is -0.493 e. The quantitative estimate of drug-likeness (QED) is 0.471. The van der Waals surface area contributed by atoms with E-state index in [1.165, 1.54) is 6.08 Å². The minimum absolute atomic E-state index is 0.213. The summed E-state index contributed by atoms with van der Waals surface area (Å²) >= 11 is 1.59. The Morgan fingerprint density at radius 1 is 1.10 bits per heavy atom. The fraction of sp³-hybridized carbons (Fsp3) is 0.0909. The number of imidazole rings is 1. The highest BCUT2D eigenvalue weighted by molar-refractivity contribution is 7.15. The normalized spacial score (nSPS) is 11.1. The summed E-state index contributed by atoms with van der Waals surface area (Å²) in [5.41, 5.74) is 3.47. The number of ether oxygens (including phenoxy) is 2. The lowest BCUT2D eigenvalue weighted by atomic mass is 10.1. The van der Waals surface area contributed by atoms with Crippen LogP contribution >= 0.6 is 11.3 Å². The molecule has 2 heterocycles. The smallest absolute Gasteiger partial charge is 0.248 e. The number of fused-ring (bicyclic) bond motifs is 1. The summed E-state index contributed by atoms with van der Waals surface area (Å²) < 4.78 is 12.5. The molecule has 0 aliphatic rings. The summed E-state index contributed by atoms with van der Waals surface area (Å²) in [7, 11) is 3.16. The number of rotatable bonds is 6. The zero-order valence-electron chi connectivity index (χ0n) is 16.0. The van der Waals surface area contributed by atoms with Crippen LogP contribution < -0.4 is 14.8 Å². The van der Waals surface area contributed by atoms with Crippen LogP contribution in [-0.4, -0.2) is 29.5 Å². The molecule has 0 atom stereocenters. The number of benzene rings is 2. The number of thiazole rings is 1. The van der Waals surface area contributed by atoms with E-state index in [2.05, 4.69) is 10.3 Å². The second kappa shape index (κ2) is 8.20. The predicted molar refractivity (Wildman–Crippen MR) is 116 cm³/mol. The van der Waals surface area contributed by atoms with Crippen molar-refractivity contribution in [2.75, 3.05) is 19.5 Å². The highest BCUT2D eigenvalue weighted by Gasteiger charge is 2.06. The molecule has 7 heteroatoms. The third-order valence-corrected chi connectivity index (χ3v) is 5.15. The Morgan fingerprint density at radius 2 is 1.90 bits per heavy atom. The SMILES string of the molecule is COc1ccc(/C=C/C(=O)Nc2ccc(-c3cn4ccsc4n3)cc2)cc1OC. The molecule has 4 rings (SSSR count). The van der Waals surface area contributed by atoms with E-state index in [-0.39, 0.29) is 5.91 Å². The first-order valence-electron chi connectivity index (χ1n) is 8.90. The van der Waals surface area contributed by atoms with Gasteiger partial charge in [0.15, 0.2) is 16.5 Å². The Kier molecular flexibility index (Phi) is 5.31. The molecule has 0 bridgehead atoms. The lowest BCUT2D eigenvalue weighted by Gasteiger charge is -2.07. The zero-order valence-corrected chi connectivity index (χ0v) is 16.8. The van der Waals surface area contributed by atoms with Crippen LogP contribution in [0.5, 0.6) is 11.5 Å². The van der Waals surface area contributed by atoms with Crippen molar-refractivity contribution in [3.63, 3.8) is 0 Å². The minimum atomic E-state index is -0.213. The van der Waals surface area contributed by atoms with Crippen LogP contribution in [0.15, 0.2) is 66.3 Å². The third-order valence-electron chi connectivity index (χ3n) is 4.38.